The molecule has 0 spiro atoms. The number of nitrogens with one attached hydrogen (secondary N) is 2. The van der Waals surface area contributed by atoms with Gasteiger partial charge in [-0.3, -0.25) is 19.7 Å². The first-order chi connectivity index (χ1) is 14.9. The summed E-state index contributed by atoms with van der Waals surface area (Å²) in [4.78, 5) is 37.9. The molecule has 2 aromatic carbocycles. The van der Waals surface area contributed by atoms with E-state index in [1.807, 2.05) is 36.1 Å². The molecule has 0 unspecified atom stereocenters. The Balaban J connectivity index is 1.65. The van der Waals surface area contributed by atoms with Crippen LogP contribution in [0.1, 0.15) is 42.6 Å². The van der Waals surface area contributed by atoms with Crippen LogP contribution in [-0.2, 0) is 11.2 Å². The topological polar surface area (TPSA) is 105 Å². The average Bonchev–Trinajstić information content (AvgIpc) is 2.78. The summed E-state index contributed by atoms with van der Waals surface area (Å²) in [6, 6.07) is 11.9. The van der Waals surface area contributed by atoms with Crippen LogP contribution < -0.4 is 15.5 Å². The summed E-state index contributed by atoms with van der Waals surface area (Å²) < 4.78 is 0. The maximum Gasteiger partial charge on any atom is 0.293 e. The molecular formula is C23H28N4O4. The Labute approximate surface area is 181 Å². The maximum absolute atomic E-state index is 12.5. The second-order valence-corrected chi connectivity index (χ2v) is 7.87. The zero-order valence-electron chi connectivity index (χ0n) is 17.9. The fourth-order valence-corrected chi connectivity index (χ4v) is 3.74. The molecule has 2 N–H and O–H groups in total. The van der Waals surface area contributed by atoms with Crippen LogP contribution in [0, 0.1) is 16.0 Å². The lowest BCUT2D eigenvalue weighted by Crippen LogP contribution is -2.34. The number of anilines is 2. The van der Waals surface area contributed by atoms with Gasteiger partial charge in [0.25, 0.3) is 11.6 Å². The highest BCUT2D eigenvalue weighted by molar-refractivity contribution is 6.00. The first-order valence-electron chi connectivity index (χ1n) is 10.6. The van der Waals surface area contributed by atoms with Crippen LogP contribution in [0.3, 0.4) is 0 Å². The van der Waals surface area contributed by atoms with E-state index in [0.29, 0.717) is 17.3 Å². The van der Waals surface area contributed by atoms with Crippen molar-refractivity contribution in [3.63, 3.8) is 0 Å². The van der Waals surface area contributed by atoms with Gasteiger partial charge in [-0.05, 0) is 48.9 Å². The smallest absolute Gasteiger partial charge is 0.293 e. The monoisotopic (exact) mass is 424 g/mol. The number of nitrogens with zero attached hydrogens (tertiary/aromatic N) is 2. The zero-order chi connectivity index (χ0) is 22.4. The summed E-state index contributed by atoms with van der Waals surface area (Å²) in [5.41, 5.74) is 2.30. The van der Waals surface area contributed by atoms with E-state index in [1.165, 1.54) is 6.07 Å². The minimum atomic E-state index is -0.527. The molecule has 0 atom stereocenters. The molecule has 1 fully saturated rings. The first-order valence-corrected chi connectivity index (χ1v) is 10.6. The molecule has 3 rings (SSSR count). The molecule has 2 amide bonds. The largest absolute Gasteiger partial charge is 0.366 e. The normalized spacial score (nSPS) is 14.2. The number of carbonyl (C=O) groups is 2. The number of carbonyl (C=O) groups excluding carboxylic acids is 2. The Kier molecular flexibility index (Phi) is 7.23. The molecule has 0 saturated carbocycles. The molecule has 8 heteroatoms. The average molecular weight is 425 g/mol. The number of rotatable bonds is 7. The van der Waals surface area contributed by atoms with Gasteiger partial charge in [-0.25, -0.2) is 0 Å². The van der Waals surface area contributed by atoms with Crippen LogP contribution in [0.25, 0.3) is 0 Å². The highest BCUT2D eigenvalue weighted by Crippen LogP contribution is 2.32. The van der Waals surface area contributed by atoms with Gasteiger partial charge < -0.3 is 15.5 Å². The van der Waals surface area contributed by atoms with Gasteiger partial charge in [0.1, 0.15) is 5.69 Å². The van der Waals surface area contributed by atoms with E-state index >= 15 is 0 Å². The summed E-state index contributed by atoms with van der Waals surface area (Å²) in [6.45, 7) is 5.46. The van der Waals surface area contributed by atoms with Crippen molar-refractivity contribution in [3.8, 4) is 0 Å². The molecule has 0 radical (unpaired) electrons. The number of amides is 2. The van der Waals surface area contributed by atoms with Crippen molar-refractivity contribution in [1.82, 2.24) is 5.32 Å². The number of aryl methyl sites for hydroxylation is 1. The summed E-state index contributed by atoms with van der Waals surface area (Å²) in [6.07, 6.45) is 2.74. The lowest BCUT2D eigenvalue weighted by molar-refractivity contribution is -0.384. The van der Waals surface area contributed by atoms with E-state index in [9.17, 15) is 19.7 Å². The fourth-order valence-electron chi connectivity index (χ4n) is 3.74. The molecule has 164 valence electrons. The molecule has 0 bridgehead atoms. The third kappa shape index (κ3) is 5.59. The predicted molar refractivity (Wildman–Crippen MR) is 120 cm³/mol. The van der Waals surface area contributed by atoms with E-state index in [-0.39, 0.29) is 23.7 Å². The van der Waals surface area contributed by atoms with Crippen LogP contribution in [0.2, 0.25) is 0 Å². The van der Waals surface area contributed by atoms with Crippen molar-refractivity contribution >= 4 is 28.9 Å². The number of hydrogen-bond donors (Lipinski definition) is 2. The summed E-state index contributed by atoms with van der Waals surface area (Å²) >= 11 is 0. The van der Waals surface area contributed by atoms with E-state index in [0.717, 1.165) is 37.9 Å². The molecule has 1 saturated heterocycles. The summed E-state index contributed by atoms with van der Waals surface area (Å²) in [7, 11) is 0. The Bertz CT molecular complexity index is 968. The number of nitro benzene ring substituents is 1. The van der Waals surface area contributed by atoms with Crippen LogP contribution in [0.5, 0.6) is 0 Å². The lowest BCUT2D eigenvalue weighted by atomic mass is 9.98. The first kappa shape index (κ1) is 22.3. The van der Waals surface area contributed by atoms with Crippen molar-refractivity contribution < 1.29 is 14.5 Å². The highest BCUT2D eigenvalue weighted by Gasteiger charge is 2.25. The molecule has 0 aromatic heterocycles. The highest BCUT2D eigenvalue weighted by atomic mass is 16.6. The second kappa shape index (κ2) is 10.1. The molecule has 1 aliphatic rings. The number of para-hydroxylation sites is 1. The van der Waals surface area contributed by atoms with Gasteiger partial charge in [-0.15, -0.1) is 0 Å². The number of piperidine rings is 1. The van der Waals surface area contributed by atoms with E-state index in [1.54, 1.807) is 12.1 Å². The van der Waals surface area contributed by atoms with Gasteiger partial charge >= 0.3 is 0 Å². The van der Waals surface area contributed by atoms with Crippen molar-refractivity contribution in [2.75, 3.05) is 29.9 Å². The number of benzene rings is 2. The van der Waals surface area contributed by atoms with E-state index in [2.05, 4.69) is 17.6 Å². The standard InChI is InChI=1S/C23H28N4O4/c1-3-17-6-4-5-7-19(17)25-22(28)15-24-23(29)18-8-9-20(21(14-18)27(30)31)26-12-10-16(2)11-13-26/h4-9,14,16H,3,10-13,15H2,1-2H3,(H,24,29)(H,25,28). The molecular weight excluding hydrogens is 396 g/mol. The Morgan fingerprint density at radius 3 is 2.55 bits per heavy atom. The van der Waals surface area contributed by atoms with Crippen LogP contribution in [-0.4, -0.2) is 36.4 Å². The molecule has 0 aliphatic carbocycles. The van der Waals surface area contributed by atoms with Crippen molar-refractivity contribution in [3.05, 3.63) is 63.7 Å². The lowest BCUT2D eigenvalue weighted by Gasteiger charge is -2.31. The SMILES string of the molecule is CCc1ccccc1NC(=O)CNC(=O)c1ccc(N2CCC(C)CC2)c([N+](=O)[O-])c1. The van der Waals surface area contributed by atoms with Gasteiger partial charge in [-0.1, -0.05) is 32.0 Å². The third-order valence-electron chi connectivity index (χ3n) is 5.64. The van der Waals surface area contributed by atoms with Gasteiger partial charge in [-0.2, -0.15) is 0 Å². The van der Waals surface area contributed by atoms with Crippen LogP contribution >= 0.6 is 0 Å². The molecule has 8 nitrogen and oxygen atoms in total. The number of hydrogen-bond acceptors (Lipinski definition) is 5. The zero-order valence-corrected chi connectivity index (χ0v) is 17.9. The van der Waals surface area contributed by atoms with Gasteiger partial charge in [0, 0.05) is 30.4 Å². The van der Waals surface area contributed by atoms with Gasteiger partial charge in [0.2, 0.25) is 5.91 Å². The summed E-state index contributed by atoms with van der Waals surface area (Å²) in [5, 5.41) is 16.9. The van der Waals surface area contributed by atoms with Crippen LogP contribution in [0.15, 0.2) is 42.5 Å². The van der Waals surface area contributed by atoms with E-state index < -0.39 is 10.8 Å². The van der Waals surface area contributed by atoms with E-state index in [4.69, 9.17) is 0 Å². The molecule has 1 aliphatic heterocycles. The minimum Gasteiger partial charge on any atom is -0.366 e. The summed E-state index contributed by atoms with van der Waals surface area (Å²) in [5.74, 6) is -0.278. The fraction of sp³-hybridized carbons (Fsp3) is 0.391. The van der Waals surface area contributed by atoms with Crippen molar-refractivity contribution in [1.29, 1.82) is 0 Å². The molecule has 1 heterocycles. The molecule has 31 heavy (non-hydrogen) atoms. The Morgan fingerprint density at radius 1 is 1.16 bits per heavy atom. The molecule has 2 aromatic rings. The predicted octanol–water partition coefficient (Wildman–Crippen LogP) is 3.76. The maximum atomic E-state index is 12.5. The Hall–Kier alpha value is -3.42. The second-order valence-electron chi connectivity index (χ2n) is 7.87. The quantitative estimate of drug-likeness (QED) is 0.520. The number of nitro groups is 1. The van der Waals surface area contributed by atoms with Crippen molar-refractivity contribution in [2.24, 2.45) is 5.92 Å². The van der Waals surface area contributed by atoms with Gasteiger partial charge in [0.05, 0.1) is 11.5 Å². The van der Waals surface area contributed by atoms with Crippen LogP contribution in [0.4, 0.5) is 17.1 Å². The van der Waals surface area contributed by atoms with Gasteiger partial charge in [0.15, 0.2) is 0 Å². The minimum absolute atomic E-state index is 0.0940. The van der Waals surface area contributed by atoms with Crippen molar-refractivity contribution in [2.45, 2.75) is 33.1 Å². The third-order valence-corrected chi connectivity index (χ3v) is 5.64. The Morgan fingerprint density at radius 2 is 1.87 bits per heavy atom.